The molecule has 0 spiro atoms. The highest BCUT2D eigenvalue weighted by molar-refractivity contribution is 7.89. The van der Waals surface area contributed by atoms with Gasteiger partial charge in [0.2, 0.25) is 15.9 Å². The van der Waals surface area contributed by atoms with Crippen molar-refractivity contribution in [2.45, 2.75) is 38.1 Å². The van der Waals surface area contributed by atoms with Crippen LogP contribution in [0.2, 0.25) is 0 Å². The Morgan fingerprint density at radius 2 is 1.86 bits per heavy atom. The number of amides is 1. The van der Waals surface area contributed by atoms with Gasteiger partial charge in [0.15, 0.2) is 0 Å². The Labute approximate surface area is 167 Å². The molecule has 1 heterocycles. The lowest BCUT2D eigenvalue weighted by Crippen LogP contribution is -2.39. The second-order valence-corrected chi connectivity index (χ2v) is 8.85. The van der Waals surface area contributed by atoms with Crippen molar-refractivity contribution in [3.63, 3.8) is 0 Å². The lowest BCUT2D eigenvalue weighted by atomic mass is 10.1. The zero-order valence-corrected chi connectivity index (χ0v) is 17.4. The Bertz CT molecular complexity index is 955. The van der Waals surface area contributed by atoms with Crippen LogP contribution in [0, 0.1) is 0 Å². The zero-order valence-electron chi connectivity index (χ0n) is 16.6. The van der Waals surface area contributed by atoms with Gasteiger partial charge in [-0.15, -0.1) is 0 Å². The summed E-state index contributed by atoms with van der Waals surface area (Å²) < 4.78 is 26.8. The second kappa shape index (κ2) is 8.32. The van der Waals surface area contributed by atoms with Crippen molar-refractivity contribution in [2.75, 3.05) is 29.9 Å². The van der Waals surface area contributed by atoms with E-state index in [1.807, 2.05) is 49.9 Å². The minimum Gasteiger partial charge on any atom is -0.376 e. The van der Waals surface area contributed by atoms with E-state index in [1.54, 1.807) is 24.3 Å². The first kappa shape index (κ1) is 20.4. The van der Waals surface area contributed by atoms with Gasteiger partial charge in [0.25, 0.3) is 0 Å². The molecule has 0 aliphatic carbocycles. The van der Waals surface area contributed by atoms with Crippen LogP contribution in [0.4, 0.5) is 11.4 Å². The van der Waals surface area contributed by atoms with Crippen molar-refractivity contribution in [3.8, 4) is 0 Å². The molecule has 0 radical (unpaired) electrons. The van der Waals surface area contributed by atoms with Gasteiger partial charge in [0, 0.05) is 30.5 Å². The first-order chi connectivity index (χ1) is 13.4. The number of anilines is 2. The molecule has 0 bridgehead atoms. The minimum absolute atomic E-state index is 0.0329. The maximum absolute atomic E-state index is 12.8. The fraction of sp³-hybridized carbons (Fsp3) is 0.381. The summed E-state index contributed by atoms with van der Waals surface area (Å²) in [5.74, 6) is -0.0329. The van der Waals surface area contributed by atoms with Crippen molar-refractivity contribution in [1.29, 1.82) is 0 Å². The van der Waals surface area contributed by atoms with Crippen LogP contribution in [0.15, 0.2) is 53.4 Å². The van der Waals surface area contributed by atoms with Gasteiger partial charge < -0.3 is 10.2 Å². The standard InChI is InChI=1S/C21H27N3O3S/c1-4-23(5-2)28(26,27)19-11-8-10-18(14-19)22-15-21(25)24-16(3)13-17-9-6-7-12-20(17)24/h6-12,14,16,22H,4-5,13,15H2,1-3H3/t16-/m1/s1. The van der Waals surface area contributed by atoms with Crippen LogP contribution in [-0.4, -0.2) is 44.3 Å². The molecule has 2 aromatic rings. The van der Waals surface area contributed by atoms with E-state index >= 15 is 0 Å². The Morgan fingerprint density at radius 3 is 2.57 bits per heavy atom. The maximum atomic E-state index is 12.8. The number of para-hydroxylation sites is 1. The molecule has 1 aliphatic rings. The average Bonchev–Trinajstić information content (AvgIpc) is 3.03. The number of sulfonamides is 1. The van der Waals surface area contributed by atoms with Gasteiger partial charge in [-0.2, -0.15) is 4.31 Å². The quantitative estimate of drug-likeness (QED) is 0.774. The summed E-state index contributed by atoms with van der Waals surface area (Å²) in [6.45, 7) is 6.61. The third kappa shape index (κ3) is 3.91. The monoisotopic (exact) mass is 401 g/mol. The Balaban J connectivity index is 1.73. The molecule has 0 fully saturated rings. The van der Waals surface area contributed by atoms with Crippen LogP contribution >= 0.6 is 0 Å². The third-order valence-corrected chi connectivity index (χ3v) is 7.14. The normalized spacial score (nSPS) is 16.3. The van der Waals surface area contributed by atoms with Crippen LogP contribution in [0.25, 0.3) is 0 Å². The Morgan fingerprint density at radius 1 is 1.14 bits per heavy atom. The van der Waals surface area contributed by atoms with Crippen LogP contribution in [0.1, 0.15) is 26.3 Å². The maximum Gasteiger partial charge on any atom is 0.246 e. The summed E-state index contributed by atoms with van der Waals surface area (Å²) in [6.07, 6.45) is 0.847. The molecule has 2 aromatic carbocycles. The van der Waals surface area contributed by atoms with Gasteiger partial charge in [0.1, 0.15) is 0 Å². The highest BCUT2D eigenvalue weighted by Gasteiger charge is 2.30. The molecule has 1 aliphatic heterocycles. The van der Waals surface area contributed by atoms with E-state index in [9.17, 15) is 13.2 Å². The fourth-order valence-corrected chi connectivity index (χ4v) is 5.19. The number of hydrogen-bond donors (Lipinski definition) is 1. The summed E-state index contributed by atoms with van der Waals surface area (Å²) in [6, 6.07) is 14.7. The van der Waals surface area contributed by atoms with E-state index in [-0.39, 0.29) is 23.4 Å². The van der Waals surface area contributed by atoms with Gasteiger partial charge in [-0.1, -0.05) is 38.1 Å². The summed E-state index contributed by atoms with van der Waals surface area (Å²) in [5.41, 5.74) is 2.75. The molecule has 0 aromatic heterocycles. The zero-order chi connectivity index (χ0) is 20.3. The first-order valence-electron chi connectivity index (χ1n) is 9.62. The van der Waals surface area contributed by atoms with Crippen molar-refractivity contribution in [1.82, 2.24) is 4.31 Å². The molecule has 150 valence electrons. The molecule has 0 saturated carbocycles. The van der Waals surface area contributed by atoms with E-state index in [0.717, 1.165) is 12.1 Å². The molecule has 6 nitrogen and oxygen atoms in total. The van der Waals surface area contributed by atoms with Crippen molar-refractivity contribution >= 4 is 27.3 Å². The van der Waals surface area contributed by atoms with Gasteiger partial charge in [0.05, 0.1) is 11.4 Å². The Kier molecular flexibility index (Phi) is 6.05. The summed E-state index contributed by atoms with van der Waals surface area (Å²) in [4.78, 5) is 14.9. The van der Waals surface area contributed by atoms with Crippen molar-refractivity contribution in [3.05, 3.63) is 54.1 Å². The number of carbonyl (C=O) groups is 1. The van der Waals surface area contributed by atoms with E-state index < -0.39 is 10.0 Å². The average molecular weight is 402 g/mol. The predicted octanol–water partition coefficient (Wildman–Crippen LogP) is 3.11. The topological polar surface area (TPSA) is 69.7 Å². The van der Waals surface area contributed by atoms with Gasteiger partial charge in [-0.25, -0.2) is 8.42 Å². The van der Waals surface area contributed by atoms with E-state index in [2.05, 4.69) is 5.32 Å². The van der Waals surface area contributed by atoms with E-state index in [1.165, 1.54) is 9.87 Å². The van der Waals surface area contributed by atoms with E-state index in [0.29, 0.717) is 18.8 Å². The first-order valence-corrected chi connectivity index (χ1v) is 11.1. The van der Waals surface area contributed by atoms with Crippen LogP contribution in [0.5, 0.6) is 0 Å². The molecule has 0 unspecified atom stereocenters. The van der Waals surface area contributed by atoms with Crippen LogP contribution < -0.4 is 10.2 Å². The number of fused-ring (bicyclic) bond motifs is 1. The lowest BCUT2D eigenvalue weighted by Gasteiger charge is -2.23. The van der Waals surface area contributed by atoms with Crippen molar-refractivity contribution < 1.29 is 13.2 Å². The number of nitrogens with one attached hydrogen (secondary N) is 1. The largest absolute Gasteiger partial charge is 0.376 e. The van der Waals surface area contributed by atoms with Crippen molar-refractivity contribution in [2.24, 2.45) is 0 Å². The lowest BCUT2D eigenvalue weighted by molar-refractivity contribution is -0.117. The molecular weight excluding hydrogens is 374 g/mol. The molecule has 7 heteroatoms. The SMILES string of the molecule is CCN(CC)S(=O)(=O)c1cccc(NCC(=O)N2c3ccccc3C[C@H]2C)c1. The smallest absolute Gasteiger partial charge is 0.246 e. The highest BCUT2D eigenvalue weighted by atomic mass is 32.2. The number of rotatable bonds is 7. The van der Waals surface area contributed by atoms with Crippen LogP contribution in [-0.2, 0) is 21.2 Å². The molecule has 1 N–H and O–H groups in total. The number of benzene rings is 2. The highest BCUT2D eigenvalue weighted by Crippen LogP contribution is 2.31. The molecule has 28 heavy (non-hydrogen) atoms. The molecular formula is C21H27N3O3S. The molecule has 0 saturated heterocycles. The predicted molar refractivity (Wildman–Crippen MR) is 112 cm³/mol. The van der Waals surface area contributed by atoms with Gasteiger partial charge in [-0.05, 0) is 43.2 Å². The van der Waals surface area contributed by atoms with Gasteiger partial charge in [-0.3, -0.25) is 4.79 Å². The number of carbonyl (C=O) groups excluding carboxylic acids is 1. The fourth-order valence-electron chi connectivity index (χ4n) is 3.69. The number of nitrogens with zero attached hydrogens (tertiary/aromatic N) is 2. The summed E-state index contributed by atoms with van der Waals surface area (Å²) >= 11 is 0. The second-order valence-electron chi connectivity index (χ2n) is 6.92. The third-order valence-electron chi connectivity index (χ3n) is 5.10. The minimum atomic E-state index is -3.53. The Hall–Kier alpha value is -2.38. The van der Waals surface area contributed by atoms with E-state index in [4.69, 9.17) is 0 Å². The molecule has 1 amide bonds. The number of hydrogen-bond acceptors (Lipinski definition) is 4. The molecule has 1 atom stereocenters. The summed E-state index contributed by atoms with van der Waals surface area (Å²) in [7, 11) is -3.53. The van der Waals surface area contributed by atoms with Crippen LogP contribution in [0.3, 0.4) is 0 Å². The molecule has 3 rings (SSSR count). The van der Waals surface area contributed by atoms with Gasteiger partial charge >= 0.3 is 0 Å². The summed E-state index contributed by atoms with van der Waals surface area (Å²) in [5, 5.41) is 3.09.